The van der Waals surface area contributed by atoms with E-state index >= 15 is 0 Å². The SMILES string of the molecule is CCC(CC)N(C)CC(N)(C(=O)OC)c1ccccc1. The zero-order valence-corrected chi connectivity index (χ0v) is 12.9. The Balaban J connectivity index is 3.04. The minimum atomic E-state index is -1.13. The van der Waals surface area contributed by atoms with Crippen LogP contribution in [0, 0.1) is 0 Å². The number of methoxy groups -OCH3 is 1. The van der Waals surface area contributed by atoms with Gasteiger partial charge in [0.25, 0.3) is 0 Å². The molecule has 0 fully saturated rings. The number of nitrogens with zero attached hydrogens (tertiary/aromatic N) is 1. The van der Waals surface area contributed by atoms with Gasteiger partial charge in [-0.25, -0.2) is 4.79 Å². The van der Waals surface area contributed by atoms with Crippen molar-refractivity contribution in [3.05, 3.63) is 35.9 Å². The van der Waals surface area contributed by atoms with E-state index in [0.29, 0.717) is 12.6 Å². The van der Waals surface area contributed by atoms with Crippen LogP contribution >= 0.6 is 0 Å². The summed E-state index contributed by atoms with van der Waals surface area (Å²) in [6, 6.07) is 9.83. The number of hydrogen-bond donors (Lipinski definition) is 1. The monoisotopic (exact) mass is 278 g/mol. The maximum absolute atomic E-state index is 12.2. The highest BCUT2D eigenvalue weighted by Gasteiger charge is 2.39. The number of nitrogens with two attached hydrogens (primary N) is 1. The number of rotatable bonds is 7. The zero-order valence-electron chi connectivity index (χ0n) is 12.9. The molecule has 1 unspecified atom stereocenters. The van der Waals surface area contributed by atoms with Gasteiger partial charge in [-0.05, 0) is 25.5 Å². The van der Waals surface area contributed by atoms with E-state index in [9.17, 15) is 4.79 Å². The molecule has 1 atom stereocenters. The molecule has 0 amide bonds. The highest BCUT2D eigenvalue weighted by atomic mass is 16.5. The van der Waals surface area contributed by atoms with Crippen LogP contribution in [0.1, 0.15) is 32.3 Å². The van der Waals surface area contributed by atoms with Gasteiger partial charge < -0.3 is 15.4 Å². The molecular formula is C16H26N2O2. The van der Waals surface area contributed by atoms with Crippen LogP contribution < -0.4 is 5.73 Å². The molecule has 4 nitrogen and oxygen atoms in total. The average Bonchev–Trinajstić information content (AvgIpc) is 2.48. The van der Waals surface area contributed by atoms with E-state index in [2.05, 4.69) is 18.7 Å². The fraction of sp³-hybridized carbons (Fsp3) is 0.562. The molecule has 0 aromatic heterocycles. The van der Waals surface area contributed by atoms with Crippen LogP contribution in [0.5, 0.6) is 0 Å². The maximum Gasteiger partial charge on any atom is 0.331 e. The smallest absolute Gasteiger partial charge is 0.331 e. The molecule has 2 N–H and O–H groups in total. The molecule has 4 heteroatoms. The first-order valence-electron chi connectivity index (χ1n) is 7.12. The summed E-state index contributed by atoms with van der Waals surface area (Å²) in [5.74, 6) is -0.401. The van der Waals surface area contributed by atoms with E-state index < -0.39 is 11.5 Å². The topological polar surface area (TPSA) is 55.6 Å². The minimum Gasteiger partial charge on any atom is -0.467 e. The summed E-state index contributed by atoms with van der Waals surface area (Å²) < 4.78 is 4.93. The Labute approximate surface area is 121 Å². The Morgan fingerprint density at radius 2 is 1.85 bits per heavy atom. The lowest BCUT2D eigenvalue weighted by molar-refractivity contribution is -0.148. The second-order valence-electron chi connectivity index (χ2n) is 5.21. The third kappa shape index (κ3) is 3.58. The van der Waals surface area contributed by atoms with Gasteiger partial charge in [-0.2, -0.15) is 0 Å². The van der Waals surface area contributed by atoms with Gasteiger partial charge in [-0.3, -0.25) is 0 Å². The van der Waals surface area contributed by atoms with Crippen LogP contribution in [-0.2, 0) is 15.1 Å². The number of carbonyl (C=O) groups excluding carboxylic acids is 1. The van der Waals surface area contributed by atoms with Crippen molar-refractivity contribution < 1.29 is 9.53 Å². The number of esters is 1. The van der Waals surface area contributed by atoms with Crippen LogP contribution in [0.2, 0.25) is 0 Å². The van der Waals surface area contributed by atoms with Gasteiger partial charge in [-0.1, -0.05) is 44.2 Å². The third-order valence-corrected chi connectivity index (χ3v) is 3.90. The molecule has 0 aliphatic rings. The first kappa shape index (κ1) is 16.7. The summed E-state index contributed by atoms with van der Waals surface area (Å²) in [6.45, 7) is 4.73. The summed E-state index contributed by atoms with van der Waals surface area (Å²) >= 11 is 0. The Hall–Kier alpha value is -1.39. The van der Waals surface area contributed by atoms with E-state index in [1.54, 1.807) is 0 Å². The second kappa shape index (κ2) is 7.41. The standard InChI is InChI=1S/C16H26N2O2/c1-5-14(6-2)18(3)12-16(17,15(19)20-4)13-10-8-7-9-11-13/h7-11,14H,5-6,12,17H2,1-4H3. The van der Waals surface area contributed by atoms with Crippen LogP contribution in [0.15, 0.2) is 30.3 Å². The molecular weight excluding hydrogens is 252 g/mol. The highest BCUT2D eigenvalue weighted by Crippen LogP contribution is 2.22. The van der Waals surface area contributed by atoms with Crippen molar-refractivity contribution in [1.82, 2.24) is 4.90 Å². The zero-order chi connectivity index (χ0) is 15.2. The number of ether oxygens (including phenoxy) is 1. The van der Waals surface area contributed by atoms with Crippen LogP contribution in [0.4, 0.5) is 0 Å². The summed E-state index contributed by atoms with van der Waals surface area (Å²) in [6.07, 6.45) is 2.05. The molecule has 1 rings (SSSR count). The largest absolute Gasteiger partial charge is 0.467 e. The first-order valence-corrected chi connectivity index (χ1v) is 7.12. The molecule has 1 aromatic rings. The van der Waals surface area contributed by atoms with Crippen molar-refractivity contribution in [2.24, 2.45) is 5.73 Å². The van der Waals surface area contributed by atoms with E-state index in [0.717, 1.165) is 18.4 Å². The fourth-order valence-corrected chi connectivity index (χ4v) is 2.63. The molecule has 0 saturated carbocycles. The molecule has 0 radical (unpaired) electrons. The predicted octanol–water partition coefficient (Wildman–Crippen LogP) is 2.13. The van der Waals surface area contributed by atoms with E-state index in [-0.39, 0.29) is 0 Å². The lowest BCUT2D eigenvalue weighted by atomic mass is 9.89. The van der Waals surface area contributed by atoms with Crippen molar-refractivity contribution >= 4 is 5.97 Å². The van der Waals surface area contributed by atoms with Gasteiger partial charge in [0.05, 0.1) is 7.11 Å². The van der Waals surface area contributed by atoms with Crippen molar-refractivity contribution in [1.29, 1.82) is 0 Å². The maximum atomic E-state index is 12.2. The third-order valence-electron chi connectivity index (χ3n) is 3.90. The van der Waals surface area contributed by atoms with Crippen LogP contribution in [-0.4, -0.2) is 37.6 Å². The summed E-state index contributed by atoms with van der Waals surface area (Å²) in [7, 11) is 3.38. The fourth-order valence-electron chi connectivity index (χ4n) is 2.63. The lowest BCUT2D eigenvalue weighted by Crippen LogP contribution is -2.54. The number of carbonyl (C=O) groups is 1. The van der Waals surface area contributed by atoms with Crippen LogP contribution in [0.3, 0.4) is 0 Å². The highest BCUT2D eigenvalue weighted by molar-refractivity contribution is 5.82. The number of likely N-dealkylation sites (N-methyl/N-ethyl adjacent to an activating group) is 1. The molecule has 0 heterocycles. The minimum absolute atomic E-state index is 0.401. The van der Waals surface area contributed by atoms with Gasteiger partial charge in [0, 0.05) is 12.6 Å². The Morgan fingerprint density at radius 1 is 1.30 bits per heavy atom. The van der Waals surface area contributed by atoms with E-state index in [4.69, 9.17) is 10.5 Å². The summed E-state index contributed by atoms with van der Waals surface area (Å²) in [5.41, 5.74) is 6.06. The molecule has 0 spiro atoms. The lowest BCUT2D eigenvalue weighted by Gasteiger charge is -2.35. The summed E-state index contributed by atoms with van der Waals surface area (Å²) in [4.78, 5) is 14.3. The number of hydrogen-bond acceptors (Lipinski definition) is 4. The van der Waals surface area contributed by atoms with Crippen LogP contribution in [0.25, 0.3) is 0 Å². The van der Waals surface area contributed by atoms with Crippen molar-refractivity contribution in [3.63, 3.8) is 0 Å². The summed E-state index contributed by atoms with van der Waals surface area (Å²) in [5, 5.41) is 0. The molecule has 20 heavy (non-hydrogen) atoms. The normalized spacial score (nSPS) is 14.3. The Morgan fingerprint density at radius 3 is 2.30 bits per heavy atom. The van der Waals surface area contributed by atoms with Gasteiger partial charge in [0.1, 0.15) is 0 Å². The molecule has 0 aliphatic heterocycles. The average molecular weight is 278 g/mol. The van der Waals surface area contributed by atoms with Gasteiger partial charge in [0.2, 0.25) is 0 Å². The quantitative estimate of drug-likeness (QED) is 0.776. The van der Waals surface area contributed by atoms with Gasteiger partial charge in [0.15, 0.2) is 5.54 Å². The van der Waals surface area contributed by atoms with Crippen molar-refractivity contribution in [3.8, 4) is 0 Å². The first-order chi connectivity index (χ1) is 9.49. The Kier molecular flexibility index (Phi) is 6.17. The number of benzene rings is 1. The molecule has 0 bridgehead atoms. The molecule has 112 valence electrons. The molecule has 0 saturated heterocycles. The van der Waals surface area contributed by atoms with Crippen molar-refractivity contribution in [2.75, 3.05) is 20.7 Å². The van der Waals surface area contributed by atoms with Gasteiger partial charge in [-0.15, -0.1) is 0 Å². The van der Waals surface area contributed by atoms with E-state index in [1.165, 1.54) is 7.11 Å². The molecule has 0 aliphatic carbocycles. The van der Waals surface area contributed by atoms with Gasteiger partial charge >= 0.3 is 5.97 Å². The Bertz CT molecular complexity index is 418. The van der Waals surface area contributed by atoms with Crippen molar-refractivity contribution in [2.45, 2.75) is 38.3 Å². The predicted molar refractivity (Wildman–Crippen MR) is 81.3 cm³/mol. The van der Waals surface area contributed by atoms with E-state index in [1.807, 2.05) is 37.4 Å². The second-order valence-corrected chi connectivity index (χ2v) is 5.21. The molecule has 1 aromatic carbocycles.